The molecular weight excluding hydrogens is 279 g/mol. The van der Waals surface area contributed by atoms with E-state index in [0.717, 1.165) is 11.1 Å². The molecule has 0 aromatic heterocycles. The average Bonchev–Trinajstić information content (AvgIpc) is 2.77. The van der Waals surface area contributed by atoms with E-state index in [1.165, 1.54) is 0 Å². The molecule has 1 aliphatic rings. The Morgan fingerprint density at radius 1 is 0.789 bits per heavy atom. The van der Waals surface area contributed by atoms with E-state index in [2.05, 4.69) is 0 Å². The maximum Gasteiger partial charge on any atom is 0.325 e. The highest BCUT2D eigenvalue weighted by molar-refractivity contribution is 8.07. The Bertz CT molecular complexity index is 551. The Morgan fingerprint density at radius 3 is 1.53 bits per heavy atom. The van der Waals surface area contributed by atoms with Crippen molar-refractivity contribution in [2.45, 2.75) is 12.2 Å². The van der Waals surface area contributed by atoms with Gasteiger partial charge >= 0.3 is 6.72 Å². The van der Waals surface area contributed by atoms with Crippen LogP contribution in [0.1, 0.15) is 23.3 Å². The molecule has 0 radical (unpaired) electrons. The van der Waals surface area contributed by atoms with Crippen LogP contribution in [-0.2, 0) is 20.9 Å². The molecule has 1 N–H and O–H groups in total. The number of hydrogen-bond acceptors (Lipinski definition) is 3. The van der Waals surface area contributed by atoms with Crippen LogP contribution < -0.4 is 0 Å². The molecule has 1 aliphatic heterocycles. The van der Waals surface area contributed by atoms with E-state index in [9.17, 15) is 4.89 Å². The minimum atomic E-state index is -3.15. The van der Waals surface area contributed by atoms with Crippen molar-refractivity contribution in [2.75, 3.05) is 0 Å². The lowest BCUT2D eigenvalue weighted by Crippen LogP contribution is -2.06. The van der Waals surface area contributed by atoms with Crippen LogP contribution in [0, 0.1) is 0 Å². The highest BCUT2D eigenvalue weighted by Gasteiger charge is 2.41. The van der Waals surface area contributed by atoms with Gasteiger partial charge in [-0.05, 0) is 22.9 Å². The molecule has 2 aromatic carbocycles. The summed E-state index contributed by atoms with van der Waals surface area (Å²) in [5, 5.41) is 0. The zero-order valence-electron chi connectivity index (χ0n) is 10.0. The van der Waals surface area contributed by atoms with Crippen LogP contribution >= 0.6 is 6.72 Å². The second-order valence-electron chi connectivity index (χ2n) is 4.34. The van der Waals surface area contributed by atoms with Crippen molar-refractivity contribution in [3.05, 3.63) is 71.8 Å². The first-order valence-corrected chi connectivity index (χ1v) is 8.54. The zero-order valence-corrected chi connectivity index (χ0v) is 11.8. The summed E-state index contributed by atoms with van der Waals surface area (Å²) in [4.78, 5) is 9.94. The molecule has 98 valence electrons. The molecule has 0 bridgehead atoms. The van der Waals surface area contributed by atoms with Crippen LogP contribution in [0.5, 0.6) is 0 Å². The van der Waals surface area contributed by atoms with Crippen LogP contribution in [0.2, 0.25) is 0 Å². The zero-order chi connectivity index (χ0) is 13.3. The maximum absolute atomic E-state index is 9.94. The van der Waals surface area contributed by atoms with Gasteiger partial charge in [-0.15, -0.1) is 0 Å². The normalized spacial score (nSPS) is 30.4. The third-order valence-electron chi connectivity index (χ3n) is 3.02. The lowest BCUT2D eigenvalue weighted by molar-refractivity contribution is 0.159. The summed E-state index contributed by atoms with van der Waals surface area (Å²) in [6.07, 6.45) is -0.723. The second-order valence-corrected chi connectivity index (χ2v) is 7.09. The molecule has 0 spiro atoms. The number of benzene rings is 2. The Labute approximate surface area is 117 Å². The average molecular weight is 292 g/mol. The van der Waals surface area contributed by atoms with Gasteiger partial charge in [-0.2, -0.15) is 0 Å². The molecule has 2 aromatic rings. The molecule has 2 unspecified atom stereocenters. The lowest BCUT2D eigenvalue weighted by Gasteiger charge is -2.16. The van der Waals surface area contributed by atoms with E-state index in [-0.39, 0.29) is 12.2 Å². The van der Waals surface area contributed by atoms with Gasteiger partial charge < -0.3 is 4.89 Å². The quantitative estimate of drug-likeness (QED) is 0.856. The SMILES string of the molecule is OP1(=S)OC(c2ccccc2)C(c2ccccc2)O1. The first kappa shape index (κ1) is 13.0. The fourth-order valence-corrected chi connectivity index (χ4v) is 3.82. The van der Waals surface area contributed by atoms with Crippen molar-refractivity contribution in [1.29, 1.82) is 0 Å². The predicted octanol–water partition coefficient (Wildman–Crippen LogP) is 3.73. The predicted molar refractivity (Wildman–Crippen MR) is 77.0 cm³/mol. The van der Waals surface area contributed by atoms with Crippen molar-refractivity contribution < 1.29 is 13.9 Å². The Morgan fingerprint density at radius 2 is 1.16 bits per heavy atom. The van der Waals surface area contributed by atoms with Crippen molar-refractivity contribution in [1.82, 2.24) is 0 Å². The van der Waals surface area contributed by atoms with E-state index in [0.29, 0.717) is 0 Å². The molecule has 3 rings (SSSR count). The fraction of sp³-hybridized carbons (Fsp3) is 0.143. The van der Waals surface area contributed by atoms with E-state index in [1.54, 1.807) is 0 Å². The van der Waals surface area contributed by atoms with Gasteiger partial charge in [0.2, 0.25) is 0 Å². The van der Waals surface area contributed by atoms with E-state index < -0.39 is 6.72 Å². The summed E-state index contributed by atoms with van der Waals surface area (Å²) in [6.45, 7) is -3.15. The second kappa shape index (κ2) is 5.16. The first-order chi connectivity index (χ1) is 9.16. The molecule has 0 aliphatic carbocycles. The van der Waals surface area contributed by atoms with Gasteiger partial charge in [0, 0.05) is 0 Å². The summed E-state index contributed by atoms with van der Waals surface area (Å²) >= 11 is 4.98. The van der Waals surface area contributed by atoms with E-state index in [4.69, 9.17) is 20.9 Å². The van der Waals surface area contributed by atoms with Crippen LogP contribution in [-0.4, -0.2) is 4.89 Å². The topological polar surface area (TPSA) is 38.7 Å². The molecular formula is C14H13O3PS. The van der Waals surface area contributed by atoms with Gasteiger partial charge in [0.25, 0.3) is 0 Å². The minimum absolute atomic E-state index is 0.362. The molecule has 0 saturated carbocycles. The van der Waals surface area contributed by atoms with Gasteiger partial charge in [0.05, 0.1) is 0 Å². The fourth-order valence-electron chi connectivity index (χ4n) is 2.18. The third-order valence-corrected chi connectivity index (χ3v) is 4.53. The van der Waals surface area contributed by atoms with E-state index in [1.807, 2.05) is 60.7 Å². The minimum Gasteiger partial charge on any atom is -0.324 e. The maximum atomic E-state index is 9.94. The van der Waals surface area contributed by atoms with Crippen molar-refractivity contribution >= 4 is 18.5 Å². The summed E-state index contributed by atoms with van der Waals surface area (Å²) < 4.78 is 11.1. The number of rotatable bonds is 2. The summed E-state index contributed by atoms with van der Waals surface area (Å²) in [5.74, 6) is 0. The van der Waals surface area contributed by atoms with Gasteiger partial charge in [-0.1, -0.05) is 60.7 Å². The molecule has 1 fully saturated rings. The van der Waals surface area contributed by atoms with Crippen molar-refractivity contribution in [3.63, 3.8) is 0 Å². The standard InChI is InChI=1S/C14H13O3PS/c15-18(19)16-13(11-7-3-1-4-8-11)14(17-18)12-9-5-2-6-10-12/h1-10,13-14H,(H,15,19). The molecule has 3 nitrogen and oxygen atoms in total. The molecule has 5 heteroatoms. The largest absolute Gasteiger partial charge is 0.325 e. The van der Waals surface area contributed by atoms with E-state index >= 15 is 0 Å². The Kier molecular flexibility index (Phi) is 3.52. The van der Waals surface area contributed by atoms with Crippen molar-refractivity contribution in [2.24, 2.45) is 0 Å². The Hall–Kier alpha value is -1.03. The summed E-state index contributed by atoms with van der Waals surface area (Å²) in [5.41, 5.74) is 1.91. The molecule has 2 atom stereocenters. The van der Waals surface area contributed by atoms with Gasteiger partial charge in [-0.25, -0.2) is 0 Å². The van der Waals surface area contributed by atoms with Gasteiger partial charge in [0.15, 0.2) is 0 Å². The highest BCUT2D eigenvalue weighted by Crippen LogP contribution is 2.62. The van der Waals surface area contributed by atoms with Crippen molar-refractivity contribution in [3.8, 4) is 0 Å². The molecule has 1 heterocycles. The Balaban J connectivity index is 2.00. The lowest BCUT2D eigenvalue weighted by atomic mass is 9.99. The van der Waals surface area contributed by atoms with Gasteiger partial charge in [0.1, 0.15) is 12.2 Å². The number of hydrogen-bond donors (Lipinski definition) is 1. The van der Waals surface area contributed by atoms with Crippen LogP contribution in [0.3, 0.4) is 0 Å². The smallest absolute Gasteiger partial charge is 0.324 e. The first-order valence-electron chi connectivity index (χ1n) is 5.95. The van der Waals surface area contributed by atoms with Crippen LogP contribution in [0.4, 0.5) is 0 Å². The van der Waals surface area contributed by atoms with Crippen LogP contribution in [0.15, 0.2) is 60.7 Å². The molecule has 19 heavy (non-hydrogen) atoms. The molecule has 1 saturated heterocycles. The van der Waals surface area contributed by atoms with Crippen LogP contribution in [0.25, 0.3) is 0 Å². The monoisotopic (exact) mass is 292 g/mol. The third kappa shape index (κ3) is 2.78. The summed E-state index contributed by atoms with van der Waals surface area (Å²) in [6, 6.07) is 19.4. The highest BCUT2D eigenvalue weighted by atomic mass is 32.5. The van der Waals surface area contributed by atoms with Gasteiger partial charge in [-0.3, -0.25) is 9.05 Å². The molecule has 0 amide bonds. The summed E-state index contributed by atoms with van der Waals surface area (Å²) in [7, 11) is 0.